The molecule has 1 N–H and O–H groups in total. The highest BCUT2D eigenvalue weighted by Gasteiger charge is 2.52. The lowest BCUT2D eigenvalue weighted by Crippen LogP contribution is -2.69. The first-order valence-electron chi connectivity index (χ1n) is 9.23. The van der Waals surface area contributed by atoms with Gasteiger partial charge in [0.05, 0.1) is 12.6 Å². The molecule has 0 bridgehead atoms. The van der Waals surface area contributed by atoms with Gasteiger partial charge in [0, 0.05) is 39.1 Å². The molecule has 0 radical (unpaired) electrons. The number of nitrogens with one attached hydrogen (secondary N) is 1. The monoisotopic (exact) mass is 350 g/mol. The molecule has 4 aliphatic heterocycles. The van der Waals surface area contributed by atoms with Crippen molar-refractivity contribution in [1.82, 2.24) is 20.0 Å². The minimum atomic E-state index is -0.529. The van der Waals surface area contributed by atoms with E-state index in [9.17, 15) is 14.4 Å². The first-order chi connectivity index (χ1) is 12.1. The number of rotatable bonds is 2. The summed E-state index contributed by atoms with van der Waals surface area (Å²) in [5.74, 6) is 0.157. The molecule has 25 heavy (non-hydrogen) atoms. The molecule has 0 aromatic rings. The normalized spacial score (nSPS) is 33.5. The van der Waals surface area contributed by atoms with Gasteiger partial charge in [-0.15, -0.1) is 0 Å². The molecular formula is C17H26N4O4. The van der Waals surface area contributed by atoms with Crippen LogP contribution in [0.15, 0.2) is 0 Å². The van der Waals surface area contributed by atoms with Crippen LogP contribution in [0.3, 0.4) is 0 Å². The van der Waals surface area contributed by atoms with E-state index in [0.29, 0.717) is 32.6 Å². The highest BCUT2D eigenvalue weighted by atomic mass is 16.5. The number of piperazine rings is 2. The number of carbonyl (C=O) groups excluding carboxylic acids is 3. The predicted octanol–water partition coefficient (Wildman–Crippen LogP) is -1.35. The van der Waals surface area contributed by atoms with Crippen molar-refractivity contribution in [2.45, 2.75) is 37.5 Å². The zero-order valence-electron chi connectivity index (χ0n) is 14.6. The summed E-state index contributed by atoms with van der Waals surface area (Å²) >= 11 is 0. The lowest BCUT2D eigenvalue weighted by Gasteiger charge is -2.47. The average Bonchev–Trinajstić information content (AvgIpc) is 3.11. The standard InChI is InChI=1S/C17H26N4O4/c1-25-12-8-13-16(23)20-7-6-19(10-14(20)17(24)21(13)9-12)15(22)11-2-4-18-5-3-11/h11-14,18H,2-10H2,1H3/t12-,13+,14+/m1/s1. The van der Waals surface area contributed by atoms with Crippen molar-refractivity contribution in [2.24, 2.45) is 5.92 Å². The van der Waals surface area contributed by atoms with Crippen LogP contribution in [0.2, 0.25) is 0 Å². The van der Waals surface area contributed by atoms with E-state index in [4.69, 9.17) is 4.74 Å². The zero-order valence-corrected chi connectivity index (χ0v) is 14.6. The molecule has 4 saturated heterocycles. The van der Waals surface area contributed by atoms with Crippen LogP contribution in [-0.4, -0.2) is 97.0 Å². The van der Waals surface area contributed by atoms with E-state index in [1.165, 1.54) is 0 Å². The van der Waals surface area contributed by atoms with Crippen LogP contribution in [0.25, 0.3) is 0 Å². The Morgan fingerprint density at radius 2 is 1.76 bits per heavy atom. The fourth-order valence-corrected chi connectivity index (χ4v) is 4.61. The summed E-state index contributed by atoms with van der Waals surface area (Å²) < 4.78 is 5.36. The number of fused-ring (bicyclic) bond motifs is 2. The minimum Gasteiger partial charge on any atom is -0.380 e. The molecule has 0 aromatic heterocycles. The molecule has 0 spiro atoms. The first-order valence-corrected chi connectivity index (χ1v) is 9.23. The maximum atomic E-state index is 12.9. The fourth-order valence-electron chi connectivity index (χ4n) is 4.61. The number of hydrogen-bond donors (Lipinski definition) is 1. The predicted molar refractivity (Wildman–Crippen MR) is 88.6 cm³/mol. The second-order valence-electron chi connectivity index (χ2n) is 7.46. The highest BCUT2D eigenvalue weighted by molar-refractivity contribution is 5.98. The number of nitrogens with zero attached hydrogens (tertiary/aromatic N) is 3. The topological polar surface area (TPSA) is 82.2 Å². The molecule has 0 unspecified atom stereocenters. The Labute approximate surface area is 147 Å². The van der Waals surface area contributed by atoms with Crippen LogP contribution in [-0.2, 0) is 19.1 Å². The van der Waals surface area contributed by atoms with Crippen molar-refractivity contribution in [1.29, 1.82) is 0 Å². The summed E-state index contributed by atoms with van der Waals surface area (Å²) in [5.41, 5.74) is 0. The second kappa shape index (κ2) is 6.57. The Hall–Kier alpha value is -1.67. The molecule has 138 valence electrons. The van der Waals surface area contributed by atoms with Gasteiger partial charge in [-0.3, -0.25) is 14.4 Å². The van der Waals surface area contributed by atoms with Crippen LogP contribution >= 0.6 is 0 Å². The average molecular weight is 350 g/mol. The second-order valence-corrected chi connectivity index (χ2v) is 7.46. The van der Waals surface area contributed by atoms with Crippen LogP contribution in [0.1, 0.15) is 19.3 Å². The molecule has 3 amide bonds. The van der Waals surface area contributed by atoms with Crippen LogP contribution in [0.4, 0.5) is 0 Å². The van der Waals surface area contributed by atoms with Crippen molar-refractivity contribution in [3.05, 3.63) is 0 Å². The van der Waals surface area contributed by atoms with Crippen molar-refractivity contribution in [3.8, 4) is 0 Å². The van der Waals surface area contributed by atoms with Crippen molar-refractivity contribution in [3.63, 3.8) is 0 Å². The van der Waals surface area contributed by atoms with Gasteiger partial charge < -0.3 is 24.8 Å². The maximum absolute atomic E-state index is 12.9. The maximum Gasteiger partial charge on any atom is 0.247 e. The lowest BCUT2D eigenvalue weighted by molar-refractivity contribution is -0.165. The lowest BCUT2D eigenvalue weighted by atomic mass is 9.95. The quantitative estimate of drug-likeness (QED) is 0.666. The Kier molecular flexibility index (Phi) is 4.41. The molecule has 0 saturated carbocycles. The van der Waals surface area contributed by atoms with E-state index < -0.39 is 6.04 Å². The van der Waals surface area contributed by atoms with Gasteiger partial charge in [-0.05, 0) is 25.9 Å². The molecular weight excluding hydrogens is 324 g/mol. The summed E-state index contributed by atoms with van der Waals surface area (Å²) in [5, 5.41) is 3.27. The Morgan fingerprint density at radius 1 is 1.04 bits per heavy atom. The van der Waals surface area contributed by atoms with Gasteiger partial charge in [0.15, 0.2) is 0 Å². The Balaban J connectivity index is 1.47. The van der Waals surface area contributed by atoms with Gasteiger partial charge in [-0.2, -0.15) is 0 Å². The van der Waals surface area contributed by atoms with Gasteiger partial charge in [0.2, 0.25) is 17.7 Å². The third-order valence-corrected chi connectivity index (χ3v) is 6.11. The minimum absolute atomic E-state index is 0.0121. The van der Waals surface area contributed by atoms with E-state index in [0.717, 1.165) is 25.9 Å². The number of hydrogen-bond acceptors (Lipinski definition) is 5. The molecule has 0 aromatic carbocycles. The summed E-state index contributed by atoms with van der Waals surface area (Å²) in [4.78, 5) is 43.7. The Morgan fingerprint density at radius 3 is 2.48 bits per heavy atom. The molecule has 8 heteroatoms. The van der Waals surface area contributed by atoms with Gasteiger partial charge in [0.25, 0.3) is 0 Å². The van der Waals surface area contributed by atoms with Gasteiger partial charge >= 0.3 is 0 Å². The Bertz CT molecular complexity index is 577. The van der Waals surface area contributed by atoms with Crippen LogP contribution < -0.4 is 5.32 Å². The number of ether oxygens (including phenoxy) is 1. The smallest absolute Gasteiger partial charge is 0.247 e. The molecule has 4 rings (SSSR count). The fraction of sp³-hybridized carbons (Fsp3) is 0.824. The van der Waals surface area contributed by atoms with Gasteiger partial charge in [-0.1, -0.05) is 0 Å². The van der Waals surface area contributed by atoms with E-state index >= 15 is 0 Å². The molecule has 0 aliphatic carbocycles. The summed E-state index contributed by atoms with van der Waals surface area (Å²) in [6.45, 7) is 3.51. The number of piperidine rings is 1. The number of methoxy groups -OCH3 is 1. The third-order valence-electron chi connectivity index (χ3n) is 6.11. The van der Waals surface area contributed by atoms with E-state index in [1.54, 1.807) is 21.8 Å². The third kappa shape index (κ3) is 2.81. The van der Waals surface area contributed by atoms with E-state index in [1.807, 2.05) is 0 Å². The SMILES string of the molecule is CO[C@@H]1C[C@H]2C(=O)N3CCN(C(=O)C4CCNCC4)C[C@H]3C(=O)N2C1. The van der Waals surface area contributed by atoms with Crippen molar-refractivity contribution < 1.29 is 19.1 Å². The van der Waals surface area contributed by atoms with Gasteiger partial charge in [0.1, 0.15) is 12.1 Å². The van der Waals surface area contributed by atoms with Crippen LogP contribution in [0.5, 0.6) is 0 Å². The largest absolute Gasteiger partial charge is 0.380 e. The van der Waals surface area contributed by atoms with Crippen molar-refractivity contribution in [2.75, 3.05) is 46.4 Å². The summed E-state index contributed by atoms with van der Waals surface area (Å²) in [7, 11) is 1.62. The highest BCUT2D eigenvalue weighted by Crippen LogP contribution is 2.30. The molecule has 8 nitrogen and oxygen atoms in total. The summed E-state index contributed by atoms with van der Waals surface area (Å²) in [6, 6.07) is -0.917. The summed E-state index contributed by atoms with van der Waals surface area (Å²) in [6.07, 6.45) is 2.19. The van der Waals surface area contributed by atoms with E-state index in [-0.39, 0.29) is 35.8 Å². The molecule has 3 atom stereocenters. The van der Waals surface area contributed by atoms with Crippen molar-refractivity contribution >= 4 is 17.7 Å². The number of amides is 3. The first kappa shape index (κ1) is 16.8. The molecule has 4 fully saturated rings. The molecule has 4 heterocycles. The number of carbonyl (C=O) groups is 3. The van der Waals surface area contributed by atoms with Gasteiger partial charge in [-0.25, -0.2) is 0 Å². The molecule has 4 aliphatic rings. The zero-order chi connectivity index (χ0) is 17.6. The van der Waals surface area contributed by atoms with E-state index in [2.05, 4.69) is 5.32 Å². The van der Waals surface area contributed by atoms with Crippen LogP contribution in [0, 0.1) is 5.92 Å².